The Morgan fingerprint density at radius 2 is 1.88 bits per heavy atom. The quantitative estimate of drug-likeness (QED) is 0.886. The fourth-order valence-corrected chi connectivity index (χ4v) is 2.32. The van der Waals surface area contributed by atoms with Gasteiger partial charge in [0.25, 0.3) is 0 Å². The van der Waals surface area contributed by atoms with E-state index < -0.39 is 17.8 Å². The van der Waals surface area contributed by atoms with Gasteiger partial charge in [-0.05, 0) is 30.3 Å². The molecule has 25 heavy (non-hydrogen) atoms. The van der Waals surface area contributed by atoms with Crippen LogP contribution in [-0.4, -0.2) is 25.3 Å². The predicted octanol–water partition coefficient (Wildman–Crippen LogP) is 3.67. The van der Waals surface area contributed by atoms with Gasteiger partial charge in [-0.3, -0.25) is 0 Å². The van der Waals surface area contributed by atoms with Crippen LogP contribution in [0.15, 0.2) is 48.5 Å². The van der Waals surface area contributed by atoms with Crippen LogP contribution in [0.2, 0.25) is 0 Å². The number of alkyl halides is 3. The van der Waals surface area contributed by atoms with Crippen molar-refractivity contribution in [3.8, 4) is 11.5 Å². The van der Waals surface area contributed by atoms with Crippen LogP contribution in [-0.2, 0) is 6.18 Å². The van der Waals surface area contributed by atoms with Crippen molar-refractivity contribution in [2.75, 3.05) is 18.5 Å². The van der Waals surface area contributed by atoms with Crippen LogP contribution in [0.5, 0.6) is 11.5 Å². The van der Waals surface area contributed by atoms with E-state index in [2.05, 4.69) is 10.6 Å². The van der Waals surface area contributed by atoms with Gasteiger partial charge >= 0.3 is 12.2 Å². The molecule has 0 aromatic heterocycles. The second kappa shape index (κ2) is 6.92. The number of para-hydroxylation sites is 2. The zero-order valence-electron chi connectivity index (χ0n) is 13.0. The maximum absolute atomic E-state index is 12.7. The van der Waals surface area contributed by atoms with Crippen molar-refractivity contribution in [1.82, 2.24) is 5.32 Å². The van der Waals surface area contributed by atoms with E-state index in [1.54, 1.807) is 18.2 Å². The first-order chi connectivity index (χ1) is 11.9. The second-order valence-electron chi connectivity index (χ2n) is 5.41. The van der Waals surface area contributed by atoms with Crippen molar-refractivity contribution < 1.29 is 27.4 Å². The highest BCUT2D eigenvalue weighted by Gasteiger charge is 2.30. The summed E-state index contributed by atoms with van der Waals surface area (Å²) in [5.41, 5.74) is -0.774. The molecule has 2 aromatic carbocycles. The monoisotopic (exact) mass is 352 g/mol. The Morgan fingerprint density at radius 3 is 2.64 bits per heavy atom. The Morgan fingerprint density at radius 1 is 1.12 bits per heavy atom. The molecular formula is C17H15F3N2O3. The van der Waals surface area contributed by atoms with Crippen LogP contribution < -0.4 is 20.1 Å². The number of hydrogen-bond acceptors (Lipinski definition) is 3. The first-order valence-electron chi connectivity index (χ1n) is 7.52. The van der Waals surface area contributed by atoms with E-state index in [-0.39, 0.29) is 24.9 Å². The zero-order chi connectivity index (χ0) is 17.9. The largest absolute Gasteiger partial charge is 0.486 e. The number of fused-ring (bicyclic) bond motifs is 1. The van der Waals surface area contributed by atoms with Crippen molar-refractivity contribution in [3.63, 3.8) is 0 Å². The van der Waals surface area contributed by atoms with Gasteiger partial charge in [0.15, 0.2) is 17.6 Å². The van der Waals surface area contributed by atoms with E-state index >= 15 is 0 Å². The molecule has 3 rings (SSSR count). The molecule has 2 amide bonds. The second-order valence-corrected chi connectivity index (χ2v) is 5.41. The van der Waals surface area contributed by atoms with Crippen LogP contribution in [0, 0.1) is 0 Å². The molecule has 1 aliphatic rings. The van der Waals surface area contributed by atoms with Crippen molar-refractivity contribution in [1.29, 1.82) is 0 Å². The molecule has 2 N–H and O–H groups in total. The van der Waals surface area contributed by atoms with E-state index in [0.29, 0.717) is 11.5 Å². The summed E-state index contributed by atoms with van der Waals surface area (Å²) in [5.74, 6) is 1.21. The van der Waals surface area contributed by atoms with Gasteiger partial charge in [-0.15, -0.1) is 0 Å². The lowest BCUT2D eigenvalue weighted by Gasteiger charge is -2.26. The first-order valence-corrected chi connectivity index (χ1v) is 7.52. The Kier molecular flexibility index (Phi) is 4.69. The summed E-state index contributed by atoms with van der Waals surface area (Å²) in [6, 6.07) is 11.0. The molecule has 0 saturated carbocycles. The Labute approximate surface area is 141 Å². The maximum atomic E-state index is 12.7. The van der Waals surface area contributed by atoms with Gasteiger partial charge in [-0.25, -0.2) is 4.79 Å². The van der Waals surface area contributed by atoms with E-state index in [1.807, 2.05) is 6.07 Å². The lowest BCUT2D eigenvalue weighted by Crippen LogP contribution is -2.42. The average Bonchev–Trinajstić information content (AvgIpc) is 2.59. The summed E-state index contributed by atoms with van der Waals surface area (Å²) >= 11 is 0. The number of nitrogens with one attached hydrogen (secondary N) is 2. The molecule has 1 heterocycles. The number of anilines is 1. The van der Waals surface area contributed by atoms with Crippen molar-refractivity contribution >= 4 is 11.7 Å². The summed E-state index contributed by atoms with van der Waals surface area (Å²) in [4.78, 5) is 11.9. The molecule has 2 aromatic rings. The van der Waals surface area contributed by atoms with Gasteiger partial charge in [-0.2, -0.15) is 13.2 Å². The molecule has 0 fully saturated rings. The van der Waals surface area contributed by atoms with Crippen molar-refractivity contribution in [2.45, 2.75) is 12.3 Å². The van der Waals surface area contributed by atoms with Crippen molar-refractivity contribution in [2.24, 2.45) is 0 Å². The minimum atomic E-state index is -4.46. The third-order valence-corrected chi connectivity index (χ3v) is 3.51. The number of rotatable bonds is 3. The van der Waals surface area contributed by atoms with E-state index in [4.69, 9.17) is 9.47 Å². The van der Waals surface area contributed by atoms with Crippen LogP contribution in [0.4, 0.5) is 23.7 Å². The normalized spacial score (nSPS) is 16.2. The predicted molar refractivity (Wildman–Crippen MR) is 84.8 cm³/mol. The standard InChI is InChI=1S/C17H15F3N2O3/c18-17(19,20)11-4-3-5-12(8-11)22-16(23)21-9-13-10-24-14-6-1-2-7-15(14)25-13/h1-8,13H,9-10H2,(H2,21,22,23)/t13-/m0/s1. The summed E-state index contributed by atoms with van der Waals surface area (Å²) in [6.07, 6.45) is -4.85. The molecule has 1 aliphatic heterocycles. The lowest BCUT2D eigenvalue weighted by molar-refractivity contribution is -0.137. The third kappa shape index (κ3) is 4.34. The third-order valence-electron chi connectivity index (χ3n) is 3.51. The van der Waals surface area contributed by atoms with E-state index in [9.17, 15) is 18.0 Å². The van der Waals surface area contributed by atoms with Crippen LogP contribution >= 0.6 is 0 Å². The highest BCUT2D eigenvalue weighted by molar-refractivity contribution is 5.89. The van der Waals surface area contributed by atoms with E-state index in [1.165, 1.54) is 12.1 Å². The van der Waals surface area contributed by atoms with Crippen LogP contribution in [0.1, 0.15) is 5.56 Å². The number of hydrogen-bond donors (Lipinski definition) is 2. The first kappa shape index (κ1) is 16.9. The fourth-order valence-electron chi connectivity index (χ4n) is 2.32. The fraction of sp³-hybridized carbons (Fsp3) is 0.235. The highest BCUT2D eigenvalue weighted by Crippen LogP contribution is 2.31. The molecule has 0 spiro atoms. The number of urea groups is 1. The van der Waals surface area contributed by atoms with Gasteiger partial charge in [-0.1, -0.05) is 18.2 Å². The van der Waals surface area contributed by atoms with Gasteiger partial charge in [0.05, 0.1) is 12.1 Å². The molecule has 0 saturated heterocycles. The number of ether oxygens (including phenoxy) is 2. The van der Waals surface area contributed by atoms with Gasteiger partial charge in [0, 0.05) is 5.69 Å². The number of carbonyl (C=O) groups is 1. The molecule has 0 unspecified atom stereocenters. The SMILES string of the molecule is O=C(NC[C@H]1COc2ccccc2O1)Nc1cccc(C(F)(F)F)c1. The molecule has 132 valence electrons. The molecule has 0 radical (unpaired) electrons. The van der Waals surface area contributed by atoms with Gasteiger partial charge in [0.1, 0.15) is 6.61 Å². The van der Waals surface area contributed by atoms with Crippen LogP contribution in [0.25, 0.3) is 0 Å². The number of halogens is 3. The summed E-state index contributed by atoms with van der Waals surface area (Å²) in [5, 5.41) is 4.92. The minimum absolute atomic E-state index is 0.0542. The Bertz CT molecular complexity index is 765. The topological polar surface area (TPSA) is 59.6 Å². The van der Waals surface area contributed by atoms with E-state index in [0.717, 1.165) is 12.1 Å². The molecule has 1 atom stereocenters. The summed E-state index contributed by atoms with van der Waals surface area (Å²) < 4.78 is 49.2. The van der Waals surface area contributed by atoms with Crippen LogP contribution in [0.3, 0.4) is 0 Å². The highest BCUT2D eigenvalue weighted by atomic mass is 19.4. The van der Waals surface area contributed by atoms with Gasteiger partial charge < -0.3 is 20.1 Å². The summed E-state index contributed by atoms with van der Waals surface area (Å²) in [7, 11) is 0. The smallest absolute Gasteiger partial charge is 0.416 e. The minimum Gasteiger partial charge on any atom is -0.486 e. The lowest BCUT2D eigenvalue weighted by atomic mass is 10.2. The molecule has 0 bridgehead atoms. The average molecular weight is 352 g/mol. The number of benzene rings is 2. The molecule has 5 nitrogen and oxygen atoms in total. The zero-order valence-corrected chi connectivity index (χ0v) is 13.0. The van der Waals surface area contributed by atoms with Crippen molar-refractivity contribution in [3.05, 3.63) is 54.1 Å². The van der Waals surface area contributed by atoms with Gasteiger partial charge in [0.2, 0.25) is 0 Å². The summed E-state index contributed by atoms with van der Waals surface area (Å²) in [6.45, 7) is 0.417. The maximum Gasteiger partial charge on any atom is 0.416 e. The molecule has 8 heteroatoms. The Hall–Kier alpha value is -2.90. The molecule has 0 aliphatic carbocycles. The number of amides is 2. The number of carbonyl (C=O) groups excluding carboxylic acids is 1. The molecular weight excluding hydrogens is 337 g/mol. The Balaban J connectivity index is 1.52.